The van der Waals surface area contributed by atoms with Gasteiger partial charge in [0.1, 0.15) is 0 Å². The van der Waals surface area contributed by atoms with Crippen LogP contribution in [-0.2, 0) is 0 Å². The molecule has 1 rings (SSSR count). The Morgan fingerprint density at radius 3 is 2.50 bits per heavy atom. The van der Waals surface area contributed by atoms with Crippen LogP contribution in [0.2, 0.25) is 0 Å². The highest BCUT2D eigenvalue weighted by Gasteiger charge is 1.85. The lowest BCUT2D eigenvalue weighted by atomic mass is 10.2. The van der Waals surface area contributed by atoms with Gasteiger partial charge in [-0.25, -0.2) is 0 Å². The number of hydrogen-bond acceptors (Lipinski definition) is 1. The second-order valence-electron chi connectivity index (χ2n) is 1.35. The normalized spacial score (nSPS) is 20.0. The van der Waals surface area contributed by atoms with Gasteiger partial charge in [-0.15, -0.1) is 0 Å². The van der Waals surface area contributed by atoms with E-state index < -0.39 is 0 Å². The van der Waals surface area contributed by atoms with E-state index in [1.54, 1.807) is 0 Å². The van der Waals surface area contributed by atoms with E-state index in [1.807, 2.05) is 6.20 Å². The fraction of sp³-hybridized carbons (Fsp3) is 0.400. The molecule has 0 bridgehead atoms. The molecule has 0 saturated heterocycles. The van der Waals surface area contributed by atoms with Gasteiger partial charge in [-0.3, -0.25) is 0 Å². The van der Waals surface area contributed by atoms with Crippen molar-refractivity contribution in [3.05, 3.63) is 18.8 Å². The Labute approximate surface area is 38.1 Å². The van der Waals surface area contributed by atoms with Crippen LogP contribution in [0.5, 0.6) is 0 Å². The first kappa shape index (κ1) is 3.72. The predicted molar refractivity (Wildman–Crippen MR) is 25.8 cm³/mol. The maximum atomic E-state index is 2.98. The summed E-state index contributed by atoms with van der Waals surface area (Å²) in [6.07, 6.45) is 6.47. The molecule has 1 nitrogen and oxygen atoms in total. The summed E-state index contributed by atoms with van der Waals surface area (Å²) in [6.45, 7) is 2.06. The molecule has 1 radical (unpaired) electrons. The highest BCUT2D eigenvalue weighted by atomic mass is 14.8. The van der Waals surface area contributed by atoms with Crippen molar-refractivity contribution in [1.29, 1.82) is 0 Å². The lowest BCUT2D eigenvalue weighted by Crippen LogP contribution is -2.02. The molecule has 1 heterocycles. The average molecular weight is 82.1 g/mol. The largest absolute Gasteiger partial charge is 0.386 e. The molecule has 1 aliphatic heterocycles. The van der Waals surface area contributed by atoms with Crippen LogP contribution in [-0.4, -0.2) is 0 Å². The molecule has 0 unspecified atom stereocenters. The van der Waals surface area contributed by atoms with Gasteiger partial charge in [-0.2, -0.15) is 0 Å². The molecule has 33 valence electrons. The maximum Gasteiger partial charge on any atom is 0.0460 e. The smallest absolute Gasteiger partial charge is 0.0460 e. The zero-order valence-electron chi connectivity index (χ0n) is 3.65. The van der Waals surface area contributed by atoms with Crippen LogP contribution in [0.25, 0.3) is 0 Å². The molecule has 0 saturated carbocycles. The van der Waals surface area contributed by atoms with Crippen molar-refractivity contribution >= 4 is 0 Å². The van der Waals surface area contributed by atoms with Crippen molar-refractivity contribution in [2.45, 2.75) is 12.8 Å². The molecule has 6 heavy (non-hydrogen) atoms. The van der Waals surface area contributed by atoms with E-state index in [4.69, 9.17) is 0 Å². The molecule has 0 fully saturated rings. The van der Waals surface area contributed by atoms with Crippen LogP contribution in [0.15, 0.2) is 12.3 Å². The molecular weight excluding hydrogens is 74.1 g/mol. The predicted octanol–water partition coefficient (Wildman–Crippen LogP) is 1.05. The fourth-order valence-corrected chi connectivity index (χ4v) is 0.482. The van der Waals surface area contributed by atoms with E-state index in [9.17, 15) is 0 Å². The number of nitrogens with one attached hydrogen (secondary N) is 1. The summed E-state index contributed by atoms with van der Waals surface area (Å²) >= 11 is 0. The standard InChI is InChI=1S/C5H8N/c1-2-4-6-5-3-1/h2,4-6H,1,3H2. The van der Waals surface area contributed by atoms with Gasteiger partial charge >= 0.3 is 0 Å². The van der Waals surface area contributed by atoms with Gasteiger partial charge in [0.15, 0.2) is 0 Å². The molecule has 0 spiro atoms. The molecule has 1 heteroatoms. The van der Waals surface area contributed by atoms with Crippen molar-refractivity contribution in [3.63, 3.8) is 0 Å². The van der Waals surface area contributed by atoms with Gasteiger partial charge < -0.3 is 5.32 Å². The summed E-state index contributed by atoms with van der Waals surface area (Å²) < 4.78 is 0. The van der Waals surface area contributed by atoms with Crippen molar-refractivity contribution in [1.82, 2.24) is 5.32 Å². The molecular formula is C5H8N. The highest BCUT2D eigenvalue weighted by Crippen LogP contribution is 1.96. The van der Waals surface area contributed by atoms with E-state index >= 15 is 0 Å². The summed E-state index contributed by atoms with van der Waals surface area (Å²) in [5.74, 6) is 0. The van der Waals surface area contributed by atoms with E-state index in [2.05, 4.69) is 17.9 Å². The van der Waals surface area contributed by atoms with Crippen LogP contribution >= 0.6 is 0 Å². The third-order valence-electron chi connectivity index (χ3n) is 0.810. The Bertz CT molecular complexity index is 49.0. The first-order valence-electron chi connectivity index (χ1n) is 2.23. The average Bonchev–Trinajstić information content (AvgIpc) is 1.72. The van der Waals surface area contributed by atoms with Gasteiger partial charge in [0.25, 0.3) is 0 Å². The third kappa shape index (κ3) is 0.744. The molecule has 0 aliphatic carbocycles. The summed E-state index contributed by atoms with van der Waals surface area (Å²) in [6, 6.07) is 0. The topological polar surface area (TPSA) is 12.0 Å². The number of allylic oxidation sites excluding steroid dienone is 1. The lowest BCUT2D eigenvalue weighted by Gasteiger charge is -2.01. The van der Waals surface area contributed by atoms with Crippen LogP contribution < -0.4 is 5.32 Å². The van der Waals surface area contributed by atoms with Crippen LogP contribution in [0.4, 0.5) is 0 Å². The highest BCUT2D eigenvalue weighted by molar-refractivity contribution is 4.89. The molecule has 0 aromatic rings. The summed E-state index contributed by atoms with van der Waals surface area (Å²) in [5.41, 5.74) is 0. The number of hydrogen-bond donors (Lipinski definition) is 1. The minimum Gasteiger partial charge on any atom is -0.386 e. The monoisotopic (exact) mass is 82.1 g/mol. The Hall–Kier alpha value is -0.460. The lowest BCUT2D eigenvalue weighted by molar-refractivity contribution is 0.830. The van der Waals surface area contributed by atoms with Crippen LogP contribution in [0.1, 0.15) is 12.8 Å². The van der Waals surface area contributed by atoms with Crippen molar-refractivity contribution in [2.75, 3.05) is 0 Å². The molecule has 1 N–H and O–H groups in total. The molecule has 0 aromatic heterocycles. The van der Waals surface area contributed by atoms with Gasteiger partial charge in [-0.05, 0) is 19.0 Å². The van der Waals surface area contributed by atoms with Gasteiger partial charge in [0, 0.05) is 6.54 Å². The Kier molecular flexibility index (Phi) is 1.15. The van der Waals surface area contributed by atoms with Crippen molar-refractivity contribution < 1.29 is 0 Å². The second-order valence-corrected chi connectivity index (χ2v) is 1.35. The Morgan fingerprint density at radius 2 is 2.33 bits per heavy atom. The van der Waals surface area contributed by atoms with E-state index in [0.717, 1.165) is 0 Å². The van der Waals surface area contributed by atoms with E-state index in [-0.39, 0.29) is 0 Å². The minimum absolute atomic E-state index is 1.18. The Morgan fingerprint density at radius 1 is 1.33 bits per heavy atom. The first-order chi connectivity index (χ1) is 3.00. The SMILES string of the molecule is [CH]1CCC=CN1. The van der Waals surface area contributed by atoms with Crippen LogP contribution in [0, 0.1) is 6.54 Å². The summed E-state index contributed by atoms with van der Waals surface area (Å²) in [4.78, 5) is 0. The van der Waals surface area contributed by atoms with Crippen molar-refractivity contribution in [2.24, 2.45) is 0 Å². The molecule has 0 amide bonds. The molecule has 1 aliphatic rings. The maximum absolute atomic E-state index is 2.98. The quantitative estimate of drug-likeness (QED) is 0.460. The zero-order valence-corrected chi connectivity index (χ0v) is 3.65. The van der Waals surface area contributed by atoms with Gasteiger partial charge in [0.05, 0.1) is 0 Å². The van der Waals surface area contributed by atoms with E-state index in [1.165, 1.54) is 12.8 Å². The summed E-state index contributed by atoms with van der Waals surface area (Å²) in [7, 11) is 0. The molecule has 0 atom stereocenters. The zero-order chi connectivity index (χ0) is 4.24. The Balaban J connectivity index is 2.26. The van der Waals surface area contributed by atoms with Crippen LogP contribution in [0.3, 0.4) is 0 Å². The fourth-order valence-electron chi connectivity index (χ4n) is 0.482. The number of rotatable bonds is 0. The van der Waals surface area contributed by atoms with Crippen molar-refractivity contribution in [3.8, 4) is 0 Å². The third-order valence-corrected chi connectivity index (χ3v) is 0.810. The second kappa shape index (κ2) is 1.85. The van der Waals surface area contributed by atoms with Gasteiger partial charge in [0.2, 0.25) is 0 Å². The first-order valence-corrected chi connectivity index (χ1v) is 2.23. The molecule has 0 aromatic carbocycles. The summed E-state index contributed by atoms with van der Waals surface area (Å²) in [5, 5.41) is 2.98. The van der Waals surface area contributed by atoms with Gasteiger partial charge in [-0.1, -0.05) is 6.08 Å². The minimum atomic E-state index is 1.18. The van der Waals surface area contributed by atoms with E-state index in [0.29, 0.717) is 0 Å².